The Morgan fingerprint density at radius 3 is 1.09 bits per heavy atom. The third-order valence-electron chi connectivity index (χ3n) is 17.5. The van der Waals surface area contributed by atoms with Crippen LogP contribution in [0, 0.1) is 37.0 Å². The van der Waals surface area contributed by atoms with Crippen molar-refractivity contribution in [1.29, 1.82) is 0 Å². The van der Waals surface area contributed by atoms with E-state index in [9.17, 15) is 14.4 Å². The summed E-state index contributed by atoms with van der Waals surface area (Å²) in [4.78, 5) is 60.9. The maximum absolute atomic E-state index is 11.7. The molecule has 15 rings (SSSR count). The molecule has 0 saturated carbocycles. The Balaban J connectivity index is 0.000000139. The molecule has 26 heteroatoms. The molecule has 0 radical (unpaired) electrons. The zero-order valence-electron chi connectivity index (χ0n) is 53.7. The second kappa shape index (κ2) is 28.8. The van der Waals surface area contributed by atoms with Gasteiger partial charge in [-0.25, -0.2) is 28.5 Å². The monoisotopic (exact) mass is 1390 g/mol. The van der Waals surface area contributed by atoms with Crippen molar-refractivity contribution in [3.63, 3.8) is 0 Å². The number of pyridine rings is 6. The van der Waals surface area contributed by atoms with Crippen LogP contribution in [0.15, 0.2) is 152 Å². The van der Waals surface area contributed by atoms with Gasteiger partial charge in [0.05, 0.1) is 63.2 Å². The van der Waals surface area contributed by atoms with E-state index in [0.29, 0.717) is 83.6 Å². The molecule has 0 N–H and O–H groups in total. The Morgan fingerprint density at radius 2 is 0.755 bits per heavy atom. The molecule has 0 aromatic carbocycles. The molecule has 12 aromatic rings. The molecule has 3 aliphatic heterocycles. The first-order valence-electron chi connectivity index (χ1n) is 31.4. The van der Waals surface area contributed by atoms with E-state index in [2.05, 4.69) is 121 Å². The second-order valence-corrected chi connectivity index (χ2v) is 24.8. The molecule has 15 heterocycles. The maximum Gasteiger partial charge on any atom is 0.298 e. The van der Waals surface area contributed by atoms with Gasteiger partial charge >= 0.3 is 0 Å². The highest BCUT2D eigenvalue weighted by molar-refractivity contribution is 9.10. The molecule has 0 bridgehead atoms. The van der Waals surface area contributed by atoms with Crippen LogP contribution in [0.1, 0.15) is 19.9 Å². The number of terminal acetylenes is 3. The molecule has 3 fully saturated rings. The summed E-state index contributed by atoms with van der Waals surface area (Å²) in [5.74, 6) is 8.44. The third kappa shape index (κ3) is 13.8. The minimum absolute atomic E-state index is 0. The first kappa shape index (κ1) is 66.4. The lowest BCUT2D eigenvalue weighted by atomic mass is 10.0. The largest absolute Gasteiger partial charge is 0.353 e. The molecular weight excluding hydrogens is 1320 g/mol. The summed E-state index contributed by atoms with van der Waals surface area (Å²) in [5, 5.41) is 26.9. The van der Waals surface area contributed by atoms with E-state index in [-0.39, 0.29) is 25.1 Å². The van der Waals surface area contributed by atoms with Crippen LogP contribution in [-0.4, -0.2) is 184 Å². The van der Waals surface area contributed by atoms with Gasteiger partial charge in [0.15, 0.2) is 0 Å². The minimum atomic E-state index is -0.261. The van der Waals surface area contributed by atoms with Crippen molar-refractivity contribution in [1.82, 2.24) is 87.8 Å². The van der Waals surface area contributed by atoms with E-state index in [4.69, 9.17) is 40.8 Å². The highest BCUT2D eigenvalue weighted by Crippen LogP contribution is 2.37. The number of carbonyl (C=O) groups is 3. The maximum atomic E-state index is 11.7. The number of aryl methyl sites for hydroxylation is 4. The Labute approximate surface area is 579 Å². The molecule has 98 heavy (non-hydrogen) atoms. The smallest absolute Gasteiger partial charge is 0.298 e. The van der Waals surface area contributed by atoms with Crippen molar-refractivity contribution in [2.75, 3.05) is 93.2 Å². The van der Waals surface area contributed by atoms with Crippen molar-refractivity contribution in [3.8, 4) is 104 Å². The number of carbonyl (C=O) groups excluding carboxylic acids is 3. The number of rotatable bonds is 10. The number of piperazine rings is 3. The lowest BCUT2D eigenvalue weighted by molar-refractivity contribution is -0.126. The van der Waals surface area contributed by atoms with Crippen LogP contribution in [0.4, 0.5) is 17.5 Å². The SMILES string of the molecule is C.C#CC(=O)N1CCN(c2ccc(-c3cc(-c4cnn(C)c4)cn4ncc(Br)c34)cn2)CC1.C#CC(=O)N1CCN(c2ccc(-c3cc(-c4cnn(C)c4)cn4ncc(CC)c34)cn2)CC1.C#CC(=O)N1CCN(c2ccc(-c3cc(-c4cnn(C)c4)cn4ncc(Cl)c34)cn2)CC1. The first-order chi connectivity index (χ1) is 47.1. The van der Waals surface area contributed by atoms with Crippen LogP contribution < -0.4 is 14.7 Å². The molecule has 3 amide bonds. The van der Waals surface area contributed by atoms with Gasteiger partial charge < -0.3 is 29.4 Å². The van der Waals surface area contributed by atoms with Crippen LogP contribution in [0.25, 0.3) is 83.3 Å². The standard InChI is InChI=1S/C25H25N7O.C23H20BrN7O.C23H20ClN7O.CH4/c1-4-18-14-28-32-17-20(21-15-27-29(3)16-21)12-22(25(18)32)19-6-7-23(26-13-19)30-8-10-31(11-9-30)24(33)5-2;2*1-3-22(32)30-8-6-29(7-9-30)21-5-4-16(11-25-21)19-10-17(18-12-26-28(2)14-18)15-31-23(19)20(24)13-27-31;/h2,6-7,12-17H,4,8-11H2,1,3H3;2*1,4-5,10-15H,6-9H2,2H3;1H4. The average Bonchev–Trinajstić information content (AvgIpc) is 1.57. The highest BCUT2D eigenvalue weighted by atomic mass is 79.9. The third-order valence-corrected chi connectivity index (χ3v) is 18.4. The molecule has 0 spiro atoms. The molecule has 494 valence electrons. The number of nitrogens with zero attached hydrogens (tertiary/aromatic N) is 21. The number of fused-ring (bicyclic) bond motifs is 3. The molecule has 12 aromatic heterocycles. The first-order valence-corrected chi connectivity index (χ1v) is 32.5. The molecule has 0 unspecified atom stereocenters. The summed E-state index contributed by atoms with van der Waals surface area (Å²) in [5.41, 5.74) is 16.2. The molecule has 3 aliphatic rings. The van der Waals surface area contributed by atoms with E-state index in [0.717, 1.165) is 112 Å². The van der Waals surface area contributed by atoms with Crippen LogP contribution in [0.2, 0.25) is 5.02 Å². The van der Waals surface area contributed by atoms with Crippen molar-refractivity contribution < 1.29 is 14.4 Å². The molecular formula is C72H69BrClN21O3. The highest BCUT2D eigenvalue weighted by Gasteiger charge is 2.25. The predicted molar refractivity (Wildman–Crippen MR) is 384 cm³/mol. The quantitative estimate of drug-likeness (QED) is 0.117. The Bertz CT molecular complexity index is 4830. The van der Waals surface area contributed by atoms with Crippen LogP contribution in [-0.2, 0) is 41.9 Å². The number of aromatic nitrogens is 15. The summed E-state index contributed by atoms with van der Waals surface area (Å²) < 4.78 is 11.9. The number of hydrogen-bond acceptors (Lipinski definition) is 15. The van der Waals surface area contributed by atoms with Crippen molar-refractivity contribution in [3.05, 3.63) is 163 Å². The molecule has 3 saturated heterocycles. The fourth-order valence-electron chi connectivity index (χ4n) is 12.3. The summed E-state index contributed by atoms with van der Waals surface area (Å²) in [6.07, 6.45) is 45.1. The lowest BCUT2D eigenvalue weighted by Gasteiger charge is -2.34. The van der Waals surface area contributed by atoms with Gasteiger partial charge in [-0.3, -0.25) is 28.4 Å². The second-order valence-electron chi connectivity index (χ2n) is 23.5. The van der Waals surface area contributed by atoms with E-state index in [1.54, 1.807) is 45.7 Å². The topological polar surface area (TPSA) is 215 Å². The molecule has 0 aliphatic carbocycles. The van der Waals surface area contributed by atoms with Gasteiger partial charge in [0.1, 0.15) is 17.5 Å². The van der Waals surface area contributed by atoms with Crippen LogP contribution in [0.5, 0.6) is 0 Å². The van der Waals surface area contributed by atoms with Gasteiger partial charge in [-0.05, 0) is 100 Å². The van der Waals surface area contributed by atoms with Gasteiger partial charge in [-0.15, -0.1) is 19.3 Å². The zero-order chi connectivity index (χ0) is 67.4. The Morgan fingerprint density at radius 1 is 0.418 bits per heavy atom. The van der Waals surface area contributed by atoms with Gasteiger partial charge in [-0.2, -0.15) is 30.6 Å². The van der Waals surface area contributed by atoms with Gasteiger partial charge in [0.25, 0.3) is 17.7 Å². The summed E-state index contributed by atoms with van der Waals surface area (Å²) in [7, 11) is 5.70. The fraction of sp³-hybridized carbons (Fsp3) is 0.250. The summed E-state index contributed by atoms with van der Waals surface area (Å²) in [6.45, 7) is 9.94. The van der Waals surface area contributed by atoms with Crippen LogP contribution >= 0.6 is 27.5 Å². The summed E-state index contributed by atoms with van der Waals surface area (Å²) in [6, 6.07) is 18.7. The zero-order valence-corrected chi connectivity index (χ0v) is 56.0. The van der Waals surface area contributed by atoms with E-state index in [1.807, 2.05) is 135 Å². The van der Waals surface area contributed by atoms with Crippen molar-refractivity contribution in [2.24, 2.45) is 21.1 Å². The molecule has 0 atom stereocenters. The number of halogens is 2. The van der Waals surface area contributed by atoms with Crippen molar-refractivity contribution in [2.45, 2.75) is 20.8 Å². The Kier molecular flexibility index (Phi) is 19.5. The number of anilines is 3. The predicted octanol–water partition coefficient (Wildman–Crippen LogP) is 8.85. The summed E-state index contributed by atoms with van der Waals surface area (Å²) >= 11 is 10.1. The van der Waals surface area contributed by atoms with E-state index in [1.165, 1.54) is 5.56 Å². The average molecular weight is 1390 g/mol. The van der Waals surface area contributed by atoms with Gasteiger partial charge in [0.2, 0.25) is 0 Å². The van der Waals surface area contributed by atoms with Crippen molar-refractivity contribution >= 4 is 79.3 Å². The lowest BCUT2D eigenvalue weighted by Crippen LogP contribution is -2.48. The fourth-order valence-corrected chi connectivity index (χ4v) is 13.1. The van der Waals surface area contributed by atoms with Gasteiger partial charge in [-0.1, -0.05) is 26.0 Å². The van der Waals surface area contributed by atoms with E-state index < -0.39 is 0 Å². The van der Waals surface area contributed by atoms with Crippen LogP contribution in [0.3, 0.4) is 0 Å². The normalized spacial score (nSPS) is 13.9. The van der Waals surface area contributed by atoms with Gasteiger partial charge in [0, 0.05) is 222 Å². The molecule has 24 nitrogen and oxygen atoms in total. The number of amides is 3. The van der Waals surface area contributed by atoms with E-state index >= 15 is 0 Å². The number of hydrogen-bond donors (Lipinski definition) is 0. The minimum Gasteiger partial charge on any atom is -0.353 e. The Hall–Kier alpha value is -11.6.